The second-order valence-electron chi connectivity index (χ2n) is 9.84. The van der Waals surface area contributed by atoms with E-state index in [2.05, 4.69) is 66.6 Å². The molecule has 1 N–H and O–H groups in total. The van der Waals surface area contributed by atoms with E-state index in [1.807, 2.05) is 30.4 Å². The molecule has 0 spiro atoms. The third-order valence-electron chi connectivity index (χ3n) is 6.65. The first-order valence-electron chi connectivity index (χ1n) is 12.4. The van der Waals surface area contributed by atoms with Gasteiger partial charge in [-0.05, 0) is 81.6 Å². The van der Waals surface area contributed by atoms with E-state index in [0.717, 1.165) is 29.2 Å². The molecule has 1 fully saturated rings. The van der Waals surface area contributed by atoms with E-state index < -0.39 is 0 Å². The van der Waals surface area contributed by atoms with Crippen LogP contribution in [0.3, 0.4) is 0 Å². The lowest BCUT2D eigenvalue weighted by Crippen LogP contribution is -2.11. The first-order chi connectivity index (χ1) is 17.4. The molecule has 188 valence electrons. The highest BCUT2D eigenvalue weighted by molar-refractivity contribution is 7.15. The topological polar surface area (TPSA) is 59.5 Å². The average Bonchev–Trinajstić information content (AvgIpc) is 3.59. The van der Waals surface area contributed by atoms with Crippen molar-refractivity contribution in [3.8, 4) is 21.9 Å². The number of ether oxygens (including phenoxy) is 2. The zero-order valence-corrected chi connectivity index (χ0v) is 22.7. The standard InChI is InChI=1S/C29H34N4O2S/c1-17(30-29-23-14-25(34-5)26(35-6)15-24(23)31-18(2)32-29)27-11-12-28(36-27)22-10-9-20(19-7-8-19)13-21(22)16-33(3)4/h9-15,17,19H,7-8,16H2,1-6H3,(H,30,31,32). The lowest BCUT2D eigenvalue weighted by atomic mass is 10.00. The Hall–Kier alpha value is -3.16. The van der Waals surface area contributed by atoms with Gasteiger partial charge in [-0.15, -0.1) is 11.3 Å². The zero-order valence-electron chi connectivity index (χ0n) is 21.9. The smallest absolute Gasteiger partial charge is 0.162 e. The number of nitrogens with one attached hydrogen (secondary N) is 1. The summed E-state index contributed by atoms with van der Waals surface area (Å²) in [5.74, 6) is 3.58. The van der Waals surface area contributed by atoms with E-state index >= 15 is 0 Å². The summed E-state index contributed by atoms with van der Waals surface area (Å²) in [5.41, 5.74) is 5.04. The molecule has 7 heteroatoms. The number of aromatic nitrogens is 2. The maximum atomic E-state index is 5.53. The number of fused-ring (bicyclic) bond motifs is 1. The minimum atomic E-state index is 0.0809. The molecule has 6 nitrogen and oxygen atoms in total. The molecule has 2 aromatic heterocycles. The number of nitrogens with zero attached hydrogens (tertiary/aromatic N) is 3. The van der Waals surface area contributed by atoms with Gasteiger partial charge < -0.3 is 19.7 Å². The summed E-state index contributed by atoms with van der Waals surface area (Å²) < 4.78 is 11.0. The lowest BCUT2D eigenvalue weighted by molar-refractivity contribution is 0.356. The second-order valence-corrected chi connectivity index (χ2v) is 11.0. The predicted octanol–water partition coefficient (Wildman–Crippen LogP) is 6.80. The summed E-state index contributed by atoms with van der Waals surface area (Å²) in [6.45, 7) is 5.03. The SMILES string of the molecule is COc1cc2nc(C)nc(NC(C)c3ccc(-c4ccc(C5CC5)cc4CN(C)C)s3)c2cc1OC. The molecule has 36 heavy (non-hydrogen) atoms. The molecule has 0 radical (unpaired) electrons. The van der Waals surface area contributed by atoms with Crippen LogP contribution < -0.4 is 14.8 Å². The normalized spacial score (nSPS) is 14.3. The Labute approximate surface area is 217 Å². The van der Waals surface area contributed by atoms with Gasteiger partial charge in [0.25, 0.3) is 0 Å². The Morgan fingerprint density at radius 3 is 2.47 bits per heavy atom. The molecule has 1 aliphatic carbocycles. The van der Waals surface area contributed by atoms with Crippen molar-refractivity contribution in [2.45, 2.75) is 45.2 Å². The van der Waals surface area contributed by atoms with Gasteiger partial charge in [0.05, 0.1) is 25.8 Å². The number of thiophene rings is 1. The molecular formula is C29H34N4O2S. The van der Waals surface area contributed by atoms with Crippen molar-refractivity contribution in [1.82, 2.24) is 14.9 Å². The van der Waals surface area contributed by atoms with Gasteiger partial charge >= 0.3 is 0 Å². The van der Waals surface area contributed by atoms with E-state index in [1.165, 1.54) is 39.3 Å². The highest BCUT2D eigenvalue weighted by Crippen LogP contribution is 2.43. The Balaban J connectivity index is 1.44. The maximum absolute atomic E-state index is 5.53. The minimum Gasteiger partial charge on any atom is -0.493 e. The van der Waals surface area contributed by atoms with Gasteiger partial charge in [0, 0.05) is 27.8 Å². The summed E-state index contributed by atoms with van der Waals surface area (Å²) in [7, 11) is 7.55. The highest BCUT2D eigenvalue weighted by atomic mass is 32.1. The summed E-state index contributed by atoms with van der Waals surface area (Å²) in [6.07, 6.45) is 2.64. The van der Waals surface area contributed by atoms with Crippen LogP contribution in [0.4, 0.5) is 5.82 Å². The molecule has 1 atom stereocenters. The molecule has 0 amide bonds. The van der Waals surface area contributed by atoms with Crippen LogP contribution in [-0.4, -0.2) is 43.2 Å². The van der Waals surface area contributed by atoms with E-state index in [9.17, 15) is 0 Å². The third-order valence-corrected chi connectivity index (χ3v) is 7.95. The zero-order chi connectivity index (χ0) is 25.4. The summed E-state index contributed by atoms with van der Waals surface area (Å²) >= 11 is 1.84. The van der Waals surface area contributed by atoms with Gasteiger partial charge in [0.1, 0.15) is 11.6 Å². The Morgan fingerprint density at radius 1 is 1.03 bits per heavy atom. The lowest BCUT2D eigenvalue weighted by Gasteiger charge is -2.17. The summed E-state index contributed by atoms with van der Waals surface area (Å²) in [4.78, 5) is 14.1. The minimum absolute atomic E-state index is 0.0809. The van der Waals surface area contributed by atoms with Crippen molar-refractivity contribution >= 4 is 28.1 Å². The highest BCUT2D eigenvalue weighted by Gasteiger charge is 2.24. The van der Waals surface area contributed by atoms with Crippen LogP contribution in [0.25, 0.3) is 21.3 Å². The summed E-state index contributed by atoms with van der Waals surface area (Å²) in [6, 6.07) is 15.5. The summed E-state index contributed by atoms with van der Waals surface area (Å²) in [5, 5.41) is 4.54. The first-order valence-corrected chi connectivity index (χ1v) is 13.2. The van der Waals surface area contributed by atoms with Crippen LogP contribution in [0, 0.1) is 6.92 Å². The monoisotopic (exact) mass is 502 g/mol. The van der Waals surface area contributed by atoms with Crippen molar-refractivity contribution in [1.29, 1.82) is 0 Å². The van der Waals surface area contributed by atoms with E-state index in [0.29, 0.717) is 17.3 Å². The number of aryl methyl sites for hydroxylation is 1. The van der Waals surface area contributed by atoms with E-state index in [-0.39, 0.29) is 6.04 Å². The molecule has 2 aromatic carbocycles. The van der Waals surface area contributed by atoms with Crippen molar-refractivity contribution in [3.05, 3.63) is 64.3 Å². The third kappa shape index (κ3) is 5.04. The number of hydrogen-bond acceptors (Lipinski definition) is 7. The van der Waals surface area contributed by atoms with Crippen LogP contribution in [0.15, 0.2) is 42.5 Å². The molecule has 2 heterocycles. The molecule has 5 rings (SSSR count). The first kappa shape index (κ1) is 24.5. The van der Waals surface area contributed by atoms with E-state index in [4.69, 9.17) is 14.5 Å². The quantitative estimate of drug-likeness (QED) is 0.272. The fourth-order valence-corrected chi connectivity index (χ4v) is 5.76. The van der Waals surface area contributed by atoms with Gasteiger partial charge in [-0.25, -0.2) is 9.97 Å². The number of hydrogen-bond donors (Lipinski definition) is 1. The van der Waals surface area contributed by atoms with Gasteiger partial charge in [-0.2, -0.15) is 0 Å². The molecule has 1 aliphatic rings. The average molecular weight is 503 g/mol. The molecule has 0 saturated heterocycles. The second kappa shape index (κ2) is 10.1. The molecule has 1 unspecified atom stereocenters. The molecular weight excluding hydrogens is 468 g/mol. The van der Waals surface area contributed by atoms with Crippen LogP contribution in [0.1, 0.15) is 53.6 Å². The number of methoxy groups -OCH3 is 2. The van der Waals surface area contributed by atoms with Crippen LogP contribution in [0.2, 0.25) is 0 Å². The Morgan fingerprint density at radius 2 is 1.78 bits per heavy atom. The van der Waals surface area contributed by atoms with Gasteiger partial charge in [-0.1, -0.05) is 18.2 Å². The maximum Gasteiger partial charge on any atom is 0.162 e. The fraction of sp³-hybridized carbons (Fsp3) is 0.379. The predicted molar refractivity (Wildman–Crippen MR) is 149 cm³/mol. The number of rotatable bonds is 9. The van der Waals surface area contributed by atoms with Crippen molar-refractivity contribution in [2.24, 2.45) is 0 Å². The molecule has 0 aliphatic heterocycles. The Kier molecular flexibility index (Phi) is 6.86. The van der Waals surface area contributed by atoms with Crippen molar-refractivity contribution in [2.75, 3.05) is 33.6 Å². The van der Waals surface area contributed by atoms with Gasteiger partial charge in [0.15, 0.2) is 11.5 Å². The van der Waals surface area contributed by atoms with Crippen molar-refractivity contribution < 1.29 is 9.47 Å². The van der Waals surface area contributed by atoms with Crippen LogP contribution in [0.5, 0.6) is 11.5 Å². The fourth-order valence-electron chi connectivity index (χ4n) is 4.68. The van der Waals surface area contributed by atoms with Gasteiger partial charge in [0.2, 0.25) is 0 Å². The number of benzene rings is 2. The molecule has 1 saturated carbocycles. The van der Waals surface area contributed by atoms with Gasteiger partial charge in [-0.3, -0.25) is 0 Å². The molecule has 0 bridgehead atoms. The van der Waals surface area contributed by atoms with Crippen LogP contribution >= 0.6 is 11.3 Å². The molecule has 4 aromatic rings. The number of anilines is 1. The van der Waals surface area contributed by atoms with Crippen LogP contribution in [-0.2, 0) is 6.54 Å². The largest absolute Gasteiger partial charge is 0.493 e. The van der Waals surface area contributed by atoms with Crippen molar-refractivity contribution in [3.63, 3.8) is 0 Å². The van der Waals surface area contributed by atoms with E-state index in [1.54, 1.807) is 14.2 Å². The Bertz CT molecular complexity index is 1390.